The van der Waals surface area contributed by atoms with E-state index in [1.54, 1.807) is 36.4 Å². The molecule has 0 fully saturated rings. The third-order valence-electron chi connectivity index (χ3n) is 4.61. The zero-order valence-electron chi connectivity index (χ0n) is 17.4. The summed E-state index contributed by atoms with van der Waals surface area (Å²) in [5.41, 5.74) is 4.44. The summed E-state index contributed by atoms with van der Waals surface area (Å²) in [4.78, 5) is 0.144. The van der Waals surface area contributed by atoms with Gasteiger partial charge in [-0.2, -0.15) is 0 Å². The molecule has 0 aliphatic carbocycles. The van der Waals surface area contributed by atoms with E-state index in [-0.39, 0.29) is 10.6 Å². The summed E-state index contributed by atoms with van der Waals surface area (Å²) in [6.07, 6.45) is 0. The van der Waals surface area contributed by atoms with Gasteiger partial charge in [-0.3, -0.25) is 4.72 Å². The minimum Gasteiger partial charge on any atom is -0.507 e. The number of rotatable bonds is 6. The lowest BCUT2D eigenvalue weighted by Crippen LogP contribution is -2.26. The van der Waals surface area contributed by atoms with E-state index in [1.165, 1.54) is 12.1 Å². The summed E-state index contributed by atoms with van der Waals surface area (Å²) in [6, 6.07) is 16.9. The second-order valence-electron chi connectivity index (χ2n) is 7.17. The van der Waals surface area contributed by atoms with E-state index < -0.39 is 10.0 Å². The molecule has 0 saturated carbocycles. The first-order valence-electron chi connectivity index (χ1n) is 9.51. The van der Waals surface area contributed by atoms with Gasteiger partial charge in [0, 0.05) is 11.4 Å². The van der Waals surface area contributed by atoms with E-state index in [4.69, 9.17) is 12.2 Å². The number of phenolic OH excluding ortho intramolecular Hbond substituents is 1. The molecule has 0 radical (unpaired) electrons. The number of benzene rings is 3. The predicted molar refractivity (Wildman–Crippen MR) is 142 cm³/mol. The molecule has 0 aliphatic heterocycles. The van der Waals surface area contributed by atoms with Crippen molar-refractivity contribution in [2.45, 2.75) is 18.7 Å². The highest BCUT2D eigenvalue weighted by molar-refractivity contribution is 14.1. The number of aryl methyl sites for hydroxylation is 2. The Bertz CT molecular complexity index is 1290. The van der Waals surface area contributed by atoms with Crippen LogP contribution in [-0.2, 0) is 10.0 Å². The van der Waals surface area contributed by atoms with E-state index in [1.807, 2.05) is 48.6 Å². The molecule has 166 valence electrons. The maximum atomic E-state index is 12.7. The van der Waals surface area contributed by atoms with Gasteiger partial charge >= 0.3 is 0 Å². The Morgan fingerprint density at radius 3 is 2.34 bits per heavy atom. The van der Waals surface area contributed by atoms with Gasteiger partial charge in [0.25, 0.3) is 10.0 Å². The third-order valence-corrected chi connectivity index (χ3v) is 7.06. The van der Waals surface area contributed by atoms with Crippen LogP contribution in [0.4, 0.5) is 11.4 Å². The van der Waals surface area contributed by atoms with Crippen LogP contribution in [0.2, 0.25) is 0 Å². The van der Waals surface area contributed by atoms with E-state index in [0.717, 1.165) is 16.7 Å². The van der Waals surface area contributed by atoms with Crippen molar-refractivity contribution in [2.75, 3.05) is 10.0 Å². The Labute approximate surface area is 207 Å². The Kier molecular flexibility index (Phi) is 7.42. The Morgan fingerprint density at radius 2 is 1.72 bits per heavy atom. The van der Waals surface area contributed by atoms with Crippen molar-refractivity contribution in [3.8, 4) is 5.75 Å². The summed E-state index contributed by atoms with van der Waals surface area (Å²) in [7, 11) is -3.72. The molecule has 0 aliphatic rings. The van der Waals surface area contributed by atoms with Crippen LogP contribution in [0, 0.1) is 17.4 Å². The number of aromatic hydroxyl groups is 1. The lowest BCUT2D eigenvalue weighted by atomic mass is 10.1. The predicted octanol–water partition coefficient (Wildman–Crippen LogP) is 5.37. The number of phenols is 1. The molecule has 3 rings (SSSR count). The minimum absolute atomic E-state index is 0.144. The van der Waals surface area contributed by atoms with Crippen molar-refractivity contribution < 1.29 is 13.5 Å². The Hall–Kier alpha value is -2.63. The van der Waals surface area contributed by atoms with Crippen molar-refractivity contribution in [1.82, 2.24) is 5.32 Å². The fraction of sp³-hybridized carbons (Fsp3) is 0.0870. The van der Waals surface area contributed by atoms with E-state index in [2.05, 4.69) is 21.9 Å². The van der Waals surface area contributed by atoms with E-state index in [0.29, 0.717) is 25.8 Å². The summed E-state index contributed by atoms with van der Waals surface area (Å²) in [6.45, 7) is 7.78. The van der Waals surface area contributed by atoms with Crippen LogP contribution in [0.15, 0.2) is 72.1 Å². The summed E-state index contributed by atoms with van der Waals surface area (Å²) < 4.78 is 28.8. The zero-order valence-corrected chi connectivity index (χ0v) is 21.2. The standard InChI is InChI=1S/C23H22IN3O3S2/c1-14-4-10-21(15(2)12-14)27-32(29,30)19-8-6-18(7-9-19)26-23(31)25-16(3)17-5-11-22(28)20(24)13-17/h4-13,27-28H,3H2,1-2H3,(H2,25,26,31). The molecule has 0 unspecified atom stereocenters. The first-order valence-corrected chi connectivity index (χ1v) is 12.5. The van der Waals surface area contributed by atoms with Crippen LogP contribution in [0.25, 0.3) is 5.70 Å². The Balaban J connectivity index is 1.65. The lowest BCUT2D eigenvalue weighted by molar-refractivity contribution is 0.471. The fourth-order valence-corrected chi connectivity index (χ4v) is 4.80. The largest absolute Gasteiger partial charge is 0.507 e. The lowest BCUT2D eigenvalue weighted by Gasteiger charge is -2.14. The van der Waals surface area contributed by atoms with Crippen molar-refractivity contribution in [1.29, 1.82) is 0 Å². The first kappa shape index (κ1) is 24.0. The molecule has 0 saturated heterocycles. The van der Waals surface area contributed by atoms with Gasteiger partial charge in [-0.15, -0.1) is 0 Å². The number of hydrogen-bond acceptors (Lipinski definition) is 4. The molecule has 3 aromatic rings. The second kappa shape index (κ2) is 9.88. The van der Waals surface area contributed by atoms with Crippen LogP contribution >= 0.6 is 34.8 Å². The van der Waals surface area contributed by atoms with Gasteiger partial charge in [0.05, 0.1) is 14.2 Å². The molecular formula is C23H22IN3O3S2. The normalized spacial score (nSPS) is 11.0. The zero-order chi connectivity index (χ0) is 23.5. The average molecular weight is 579 g/mol. The van der Waals surface area contributed by atoms with Gasteiger partial charge in [-0.05, 0) is 108 Å². The van der Waals surface area contributed by atoms with Gasteiger partial charge in [-0.25, -0.2) is 8.42 Å². The number of thiocarbonyl (C=S) groups is 1. The van der Waals surface area contributed by atoms with Gasteiger partial charge in [0.2, 0.25) is 0 Å². The minimum atomic E-state index is -3.72. The topological polar surface area (TPSA) is 90.5 Å². The highest BCUT2D eigenvalue weighted by atomic mass is 127. The molecule has 6 nitrogen and oxygen atoms in total. The smallest absolute Gasteiger partial charge is 0.261 e. The molecular weight excluding hydrogens is 557 g/mol. The monoisotopic (exact) mass is 579 g/mol. The highest BCUT2D eigenvalue weighted by Gasteiger charge is 2.15. The van der Waals surface area contributed by atoms with Crippen LogP contribution in [0.1, 0.15) is 16.7 Å². The summed E-state index contributed by atoms with van der Waals surface area (Å²) >= 11 is 7.36. The van der Waals surface area contributed by atoms with E-state index in [9.17, 15) is 13.5 Å². The summed E-state index contributed by atoms with van der Waals surface area (Å²) in [5.74, 6) is 0.199. The maximum Gasteiger partial charge on any atom is 0.261 e. The highest BCUT2D eigenvalue weighted by Crippen LogP contribution is 2.24. The number of halogens is 1. The molecule has 9 heteroatoms. The van der Waals surface area contributed by atoms with Crippen LogP contribution in [0.3, 0.4) is 0 Å². The van der Waals surface area contributed by atoms with Gasteiger partial charge in [0.1, 0.15) is 5.75 Å². The van der Waals surface area contributed by atoms with Crippen molar-refractivity contribution >= 4 is 67.0 Å². The first-order chi connectivity index (χ1) is 15.0. The molecule has 0 aromatic heterocycles. The molecule has 0 spiro atoms. The Morgan fingerprint density at radius 1 is 1.03 bits per heavy atom. The van der Waals surface area contributed by atoms with Gasteiger partial charge in [-0.1, -0.05) is 24.3 Å². The molecule has 0 heterocycles. The van der Waals surface area contributed by atoms with Crippen LogP contribution in [0.5, 0.6) is 5.75 Å². The SMILES string of the molecule is C=C(NC(=S)Nc1ccc(S(=O)(=O)Nc2ccc(C)cc2C)cc1)c1ccc(O)c(I)c1. The molecule has 0 bridgehead atoms. The molecule has 3 aromatic carbocycles. The quantitative estimate of drug-likeness (QED) is 0.232. The molecule has 0 atom stereocenters. The van der Waals surface area contributed by atoms with Crippen molar-refractivity contribution in [2.24, 2.45) is 0 Å². The van der Waals surface area contributed by atoms with Crippen molar-refractivity contribution in [3.63, 3.8) is 0 Å². The van der Waals surface area contributed by atoms with Gasteiger partial charge < -0.3 is 15.7 Å². The summed E-state index contributed by atoms with van der Waals surface area (Å²) in [5, 5.41) is 15.9. The fourth-order valence-electron chi connectivity index (χ4n) is 2.92. The molecule has 4 N–H and O–H groups in total. The van der Waals surface area contributed by atoms with Crippen LogP contribution in [-0.4, -0.2) is 18.6 Å². The maximum absolute atomic E-state index is 12.7. The third kappa shape index (κ3) is 5.99. The average Bonchev–Trinajstić information content (AvgIpc) is 2.72. The number of nitrogens with one attached hydrogen (secondary N) is 3. The van der Waals surface area contributed by atoms with Crippen molar-refractivity contribution in [3.05, 3.63) is 87.5 Å². The number of hydrogen-bond donors (Lipinski definition) is 4. The van der Waals surface area contributed by atoms with Crippen LogP contribution < -0.4 is 15.4 Å². The second-order valence-corrected chi connectivity index (χ2v) is 10.4. The van der Waals surface area contributed by atoms with E-state index >= 15 is 0 Å². The number of anilines is 2. The molecule has 32 heavy (non-hydrogen) atoms. The molecule has 0 amide bonds. The number of sulfonamides is 1. The van der Waals surface area contributed by atoms with Gasteiger partial charge in [0.15, 0.2) is 5.11 Å².